The van der Waals surface area contributed by atoms with Gasteiger partial charge in [-0.05, 0) is 32.3 Å². The first-order valence-electron chi connectivity index (χ1n) is 7.32. The van der Waals surface area contributed by atoms with Crippen LogP contribution in [0.5, 0.6) is 5.75 Å². The summed E-state index contributed by atoms with van der Waals surface area (Å²) in [5, 5.41) is 4.24. The molecule has 0 N–H and O–H groups in total. The largest absolute Gasteiger partial charge is 0.493 e. The molecule has 1 aromatic heterocycles. The molecule has 0 aliphatic rings. The van der Waals surface area contributed by atoms with E-state index in [-0.39, 0.29) is 11.8 Å². The lowest BCUT2D eigenvalue weighted by molar-refractivity contribution is 0.0964. The van der Waals surface area contributed by atoms with Gasteiger partial charge in [0.1, 0.15) is 5.69 Å². The minimum Gasteiger partial charge on any atom is -0.493 e. The number of methoxy groups -OCH3 is 1. The van der Waals surface area contributed by atoms with Gasteiger partial charge in [-0.1, -0.05) is 30.3 Å². The number of aromatic nitrogens is 2. The van der Waals surface area contributed by atoms with Crippen molar-refractivity contribution in [3.63, 3.8) is 0 Å². The van der Waals surface area contributed by atoms with Gasteiger partial charge < -0.3 is 4.74 Å². The van der Waals surface area contributed by atoms with Crippen LogP contribution in [-0.4, -0.2) is 22.7 Å². The number of carbonyl (C=O) groups is 1. The van der Waals surface area contributed by atoms with Crippen molar-refractivity contribution in [3.05, 3.63) is 47.8 Å². The van der Waals surface area contributed by atoms with Crippen LogP contribution in [0.3, 0.4) is 0 Å². The van der Waals surface area contributed by atoms with Crippen LogP contribution < -0.4 is 4.74 Å². The molecule has 0 saturated carbocycles. The molecule has 112 valence electrons. The molecule has 0 radical (unpaired) electrons. The monoisotopic (exact) mass is 286 g/mol. The van der Waals surface area contributed by atoms with Crippen LogP contribution in [0.25, 0.3) is 0 Å². The number of aryl methyl sites for hydroxylation is 1. The summed E-state index contributed by atoms with van der Waals surface area (Å²) in [6, 6.07) is 10.4. The zero-order chi connectivity index (χ0) is 15.2. The second-order valence-corrected chi connectivity index (χ2v) is 5.36. The van der Waals surface area contributed by atoms with Crippen LogP contribution in [0.1, 0.15) is 48.8 Å². The highest BCUT2D eigenvalue weighted by molar-refractivity contribution is 5.97. The number of hydrogen-bond donors (Lipinski definition) is 0. The van der Waals surface area contributed by atoms with Gasteiger partial charge in [-0.2, -0.15) is 5.10 Å². The third-order valence-corrected chi connectivity index (χ3v) is 3.45. The molecule has 0 aliphatic carbocycles. The van der Waals surface area contributed by atoms with Crippen LogP contribution in [0, 0.1) is 0 Å². The number of nitrogens with zero attached hydrogens (tertiary/aromatic N) is 2. The average Bonchev–Trinajstić information content (AvgIpc) is 2.92. The maximum atomic E-state index is 12.5. The second-order valence-electron chi connectivity index (χ2n) is 5.36. The van der Waals surface area contributed by atoms with Crippen molar-refractivity contribution in [2.45, 2.75) is 39.2 Å². The van der Waals surface area contributed by atoms with Crippen molar-refractivity contribution in [1.82, 2.24) is 9.78 Å². The average molecular weight is 286 g/mol. The van der Waals surface area contributed by atoms with Crippen molar-refractivity contribution < 1.29 is 9.53 Å². The van der Waals surface area contributed by atoms with E-state index in [4.69, 9.17) is 4.74 Å². The molecule has 0 amide bonds. The molecule has 4 heteroatoms. The summed E-state index contributed by atoms with van der Waals surface area (Å²) in [7, 11) is 1.57. The summed E-state index contributed by atoms with van der Waals surface area (Å²) in [5.41, 5.74) is 1.84. The molecule has 0 bridgehead atoms. The zero-order valence-electron chi connectivity index (χ0n) is 12.9. The first-order valence-corrected chi connectivity index (χ1v) is 7.32. The fourth-order valence-electron chi connectivity index (χ4n) is 2.37. The molecule has 0 atom stereocenters. The SMILES string of the molecule is COc1cnn(C(C)C)c1C(=O)CCCc1ccccc1. The highest BCUT2D eigenvalue weighted by atomic mass is 16.5. The highest BCUT2D eigenvalue weighted by Gasteiger charge is 2.20. The summed E-state index contributed by atoms with van der Waals surface area (Å²) in [4.78, 5) is 12.5. The number of ketones is 1. The summed E-state index contributed by atoms with van der Waals surface area (Å²) in [6.45, 7) is 4.01. The van der Waals surface area contributed by atoms with E-state index in [0.29, 0.717) is 17.9 Å². The van der Waals surface area contributed by atoms with Crippen molar-refractivity contribution >= 4 is 5.78 Å². The van der Waals surface area contributed by atoms with Gasteiger partial charge in [-0.15, -0.1) is 0 Å². The quantitative estimate of drug-likeness (QED) is 0.729. The van der Waals surface area contributed by atoms with E-state index >= 15 is 0 Å². The lowest BCUT2D eigenvalue weighted by Gasteiger charge is -2.11. The Balaban J connectivity index is 2.01. The third kappa shape index (κ3) is 3.72. The number of Topliss-reactive ketones (excluding diaryl/α,β-unsaturated/α-hetero) is 1. The van der Waals surface area contributed by atoms with E-state index in [1.54, 1.807) is 18.0 Å². The summed E-state index contributed by atoms with van der Waals surface area (Å²) in [6.07, 6.45) is 3.86. The lowest BCUT2D eigenvalue weighted by atomic mass is 10.1. The minimum atomic E-state index is 0.0916. The Kier molecular flexibility index (Phi) is 5.14. The Morgan fingerprint density at radius 2 is 2.00 bits per heavy atom. The maximum absolute atomic E-state index is 12.5. The van der Waals surface area contributed by atoms with Crippen molar-refractivity contribution in [2.24, 2.45) is 0 Å². The molecule has 2 aromatic rings. The Hall–Kier alpha value is -2.10. The number of ether oxygens (including phenoxy) is 1. The van der Waals surface area contributed by atoms with Gasteiger partial charge >= 0.3 is 0 Å². The molecular formula is C17H22N2O2. The predicted octanol–water partition coefficient (Wildman–Crippen LogP) is 3.68. The fraction of sp³-hybridized carbons (Fsp3) is 0.412. The molecule has 4 nitrogen and oxygen atoms in total. The topological polar surface area (TPSA) is 44.1 Å². The Morgan fingerprint density at radius 3 is 2.62 bits per heavy atom. The van der Waals surface area contributed by atoms with E-state index in [1.165, 1.54) is 5.56 Å². The van der Waals surface area contributed by atoms with Gasteiger partial charge in [0.25, 0.3) is 0 Å². The molecule has 0 spiro atoms. The van der Waals surface area contributed by atoms with E-state index in [9.17, 15) is 4.79 Å². The van der Waals surface area contributed by atoms with Crippen molar-refractivity contribution in [3.8, 4) is 5.75 Å². The molecule has 21 heavy (non-hydrogen) atoms. The minimum absolute atomic E-state index is 0.0916. The smallest absolute Gasteiger partial charge is 0.184 e. The van der Waals surface area contributed by atoms with E-state index in [1.807, 2.05) is 32.0 Å². The molecule has 1 aromatic carbocycles. The van der Waals surface area contributed by atoms with Crippen molar-refractivity contribution in [2.75, 3.05) is 7.11 Å². The third-order valence-electron chi connectivity index (χ3n) is 3.45. The summed E-state index contributed by atoms with van der Waals surface area (Å²) < 4.78 is 7.00. The van der Waals surface area contributed by atoms with E-state index < -0.39 is 0 Å². The van der Waals surface area contributed by atoms with Gasteiger partial charge in [0.05, 0.1) is 13.3 Å². The predicted molar refractivity (Wildman–Crippen MR) is 82.9 cm³/mol. The van der Waals surface area contributed by atoms with Crippen molar-refractivity contribution in [1.29, 1.82) is 0 Å². The van der Waals surface area contributed by atoms with Gasteiger partial charge in [-0.3, -0.25) is 9.48 Å². The van der Waals surface area contributed by atoms with E-state index in [2.05, 4.69) is 17.2 Å². The standard InChI is InChI=1S/C17H22N2O2/c1-13(2)19-17(16(21-3)12-18-19)15(20)11-7-10-14-8-5-4-6-9-14/h4-6,8-9,12-13H,7,10-11H2,1-3H3. The maximum Gasteiger partial charge on any atom is 0.184 e. The van der Waals surface area contributed by atoms with Gasteiger partial charge in [-0.25, -0.2) is 0 Å². The first-order chi connectivity index (χ1) is 10.1. The Labute approximate surface area is 125 Å². The fourth-order valence-corrected chi connectivity index (χ4v) is 2.37. The van der Waals surface area contributed by atoms with Gasteiger partial charge in [0, 0.05) is 12.5 Å². The summed E-state index contributed by atoms with van der Waals surface area (Å²) >= 11 is 0. The lowest BCUT2D eigenvalue weighted by Crippen LogP contribution is -2.13. The van der Waals surface area contributed by atoms with Crippen LogP contribution in [0.15, 0.2) is 36.5 Å². The van der Waals surface area contributed by atoms with Gasteiger partial charge in [0.2, 0.25) is 0 Å². The van der Waals surface area contributed by atoms with Crippen LogP contribution in [-0.2, 0) is 6.42 Å². The molecule has 1 heterocycles. The Bertz CT molecular complexity index is 588. The zero-order valence-corrected chi connectivity index (χ0v) is 12.9. The molecule has 0 fully saturated rings. The molecule has 0 unspecified atom stereocenters. The second kappa shape index (κ2) is 7.07. The number of rotatable bonds is 7. The number of benzene rings is 1. The normalized spacial score (nSPS) is 10.9. The van der Waals surface area contributed by atoms with Gasteiger partial charge in [0.15, 0.2) is 11.5 Å². The van der Waals surface area contributed by atoms with Crippen LogP contribution in [0.2, 0.25) is 0 Å². The highest BCUT2D eigenvalue weighted by Crippen LogP contribution is 2.23. The molecule has 0 saturated heterocycles. The molecular weight excluding hydrogens is 264 g/mol. The van der Waals surface area contributed by atoms with Crippen LogP contribution >= 0.6 is 0 Å². The van der Waals surface area contributed by atoms with E-state index in [0.717, 1.165) is 12.8 Å². The Morgan fingerprint density at radius 1 is 1.29 bits per heavy atom. The summed E-state index contributed by atoms with van der Waals surface area (Å²) in [5.74, 6) is 0.655. The number of carbonyl (C=O) groups excluding carboxylic acids is 1. The molecule has 2 rings (SSSR count). The van der Waals surface area contributed by atoms with Crippen LogP contribution in [0.4, 0.5) is 0 Å². The molecule has 0 aliphatic heterocycles. The first kappa shape index (κ1) is 15.3. The number of hydrogen-bond acceptors (Lipinski definition) is 3.